The second-order valence-electron chi connectivity index (χ2n) is 3.22. The number of rotatable bonds is 4. The predicted molar refractivity (Wildman–Crippen MR) is 59.7 cm³/mol. The summed E-state index contributed by atoms with van der Waals surface area (Å²) in [5.41, 5.74) is -2.58. The molecule has 0 N–H and O–H groups in total. The van der Waals surface area contributed by atoms with Crippen LogP contribution in [0.3, 0.4) is 0 Å². The number of nitrogens with zero attached hydrogens (tertiary/aromatic N) is 3. The van der Waals surface area contributed by atoms with E-state index in [1.165, 1.54) is 12.1 Å². The van der Waals surface area contributed by atoms with Gasteiger partial charge in [-0.2, -0.15) is 0 Å². The highest BCUT2D eigenvalue weighted by Gasteiger charge is 2.32. The minimum Gasteiger partial charge on any atom is -0.258 e. The van der Waals surface area contributed by atoms with Crippen molar-refractivity contribution in [2.24, 2.45) is 0 Å². The maximum absolute atomic E-state index is 10.8. The smallest absolute Gasteiger partial charge is 0.258 e. The van der Waals surface area contributed by atoms with Crippen LogP contribution >= 0.6 is 0 Å². The van der Waals surface area contributed by atoms with E-state index in [2.05, 4.69) is 0 Å². The first-order valence-electron chi connectivity index (χ1n) is 4.59. The lowest BCUT2D eigenvalue weighted by Crippen LogP contribution is -2.08. The minimum absolute atomic E-state index is 0.387. The van der Waals surface area contributed by atoms with Gasteiger partial charge in [0.25, 0.3) is 5.69 Å². The first-order valence-corrected chi connectivity index (χ1v) is 4.59. The monoisotopic (exact) mass is 253 g/mol. The van der Waals surface area contributed by atoms with Crippen molar-refractivity contribution < 1.29 is 14.8 Å². The average molecular weight is 253 g/mol. The fraction of sp³-hybridized carbons (Fsp3) is 0.111. The summed E-state index contributed by atoms with van der Waals surface area (Å²) in [5.74, 6) is 0. The molecule has 18 heavy (non-hydrogen) atoms. The molecule has 0 aliphatic rings. The molecule has 1 aromatic rings. The van der Waals surface area contributed by atoms with Gasteiger partial charge in [0.05, 0.1) is 14.8 Å². The standard InChI is InChI=1S/C9H7N3O6/c1-6(10(13)14)9(12(17)18)7-4-2-3-5-8(7)11(15)16/h2-5H,1H3. The van der Waals surface area contributed by atoms with Crippen LogP contribution in [-0.4, -0.2) is 14.8 Å². The number of para-hydroxylation sites is 1. The summed E-state index contributed by atoms with van der Waals surface area (Å²) in [7, 11) is 0. The quantitative estimate of drug-likeness (QED) is 0.594. The summed E-state index contributed by atoms with van der Waals surface area (Å²) in [5, 5.41) is 32.1. The van der Waals surface area contributed by atoms with Crippen molar-refractivity contribution >= 4 is 11.4 Å². The van der Waals surface area contributed by atoms with Crippen LogP contribution in [0.1, 0.15) is 12.5 Å². The van der Waals surface area contributed by atoms with Crippen LogP contribution in [0.2, 0.25) is 0 Å². The minimum atomic E-state index is -1.000. The second kappa shape index (κ2) is 4.99. The van der Waals surface area contributed by atoms with Crippen LogP contribution in [0, 0.1) is 30.3 Å². The van der Waals surface area contributed by atoms with Gasteiger partial charge in [-0.25, -0.2) is 0 Å². The van der Waals surface area contributed by atoms with Gasteiger partial charge < -0.3 is 0 Å². The van der Waals surface area contributed by atoms with E-state index in [0.717, 1.165) is 19.1 Å². The molecule has 94 valence electrons. The molecule has 0 heterocycles. The zero-order valence-corrected chi connectivity index (χ0v) is 9.10. The number of allylic oxidation sites excluding steroid dienone is 1. The van der Waals surface area contributed by atoms with Gasteiger partial charge in [-0.1, -0.05) is 12.1 Å². The molecule has 0 amide bonds. The summed E-state index contributed by atoms with van der Waals surface area (Å²) in [6.07, 6.45) is 0. The molecule has 0 aromatic heterocycles. The van der Waals surface area contributed by atoms with Gasteiger partial charge in [0, 0.05) is 13.0 Å². The van der Waals surface area contributed by atoms with Gasteiger partial charge in [-0.05, 0) is 6.07 Å². The Labute approximate surface area is 99.8 Å². The molecule has 1 rings (SSSR count). The van der Waals surface area contributed by atoms with Gasteiger partial charge in [-0.3, -0.25) is 30.3 Å². The van der Waals surface area contributed by atoms with Crippen LogP contribution in [0.25, 0.3) is 5.70 Å². The lowest BCUT2D eigenvalue weighted by molar-refractivity contribution is -0.444. The Kier molecular flexibility index (Phi) is 3.67. The highest BCUT2D eigenvalue weighted by atomic mass is 16.6. The predicted octanol–water partition coefficient (Wildman–Crippen LogP) is 1.84. The molecule has 0 aliphatic heterocycles. The molecule has 0 spiro atoms. The Hall–Kier alpha value is -2.84. The molecule has 0 aliphatic carbocycles. The number of hydrogen-bond donors (Lipinski definition) is 0. The third kappa shape index (κ3) is 2.45. The average Bonchev–Trinajstić information content (AvgIpc) is 2.28. The largest absolute Gasteiger partial charge is 0.355 e. The number of benzene rings is 1. The van der Waals surface area contributed by atoms with Crippen molar-refractivity contribution in [1.29, 1.82) is 0 Å². The molecule has 0 unspecified atom stereocenters. The van der Waals surface area contributed by atoms with Crippen molar-refractivity contribution in [3.63, 3.8) is 0 Å². The molecule has 0 atom stereocenters. The van der Waals surface area contributed by atoms with Gasteiger partial charge in [-0.15, -0.1) is 0 Å². The zero-order chi connectivity index (χ0) is 13.9. The molecule has 0 radical (unpaired) electrons. The summed E-state index contributed by atoms with van der Waals surface area (Å²) in [4.78, 5) is 29.4. The molecular formula is C9H7N3O6. The lowest BCUT2D eigenvalue weighted by Gasteiger charge is -2.00. The summed E-state index contributed by atoms with van der Waals surface area (Å²) in [6.45, 7) is 0.925. The maximum Gasteiger partial charge on any atom is 0.355 e. The van der Waals surface area contributed by atoms with E-state index >= 15 is 0 Å². The van der Waals surface area contributed by atoms with Gasteiger partial charge in [0.1, 0.15) is 5.56 Å². The van der Waals surface area contributed by atoms with Gasteiger partial charge >= 0.3 is 11.4 Å². The van der Waals surface area contributed by atoms with E-state index in [1.807, 2.05) is 0 Å². The van der Waals surface area contributed by atoms with E-state index < -0.39 is 31.9 Å². The Bertz CT molecular complexity index is 565. The third-order valence-electron chi connectivity index (χ3n) is 2.16. The lowest BCUT2D eigenvalue weighted by atomic mass is 10.1. The Balaban J connectivity index is 3.60. The third-order valence-corrected chi connectivity index (χ3v) is 2.16. The van der Waals surface area contributed by atoms with E-state index in [1.54, 1.807) is 0 Å². The van der Waals surface area contributed by atoms with Crippen LogP contribution < -0.4 is 0 Å². The number of nitro benzene ring substituents is 1. The van der Waals surface area contributed by atoms with Crippen molar-refractivity contribution in [1.82, 2.24) is 0 Å². The summed E-state index contributed by atoms with van der Waals surface area (Å²) in [6, 6.07) is 4.80. The molecule has 1 aromatic carbocycles. The van der Waals surface area contributed by atoms with Gasteiger partial charge in [0.2, 0.25) is 0 Å². The number of hydrogen-bond acceptors (Lipinski definition) is 6. The van der Waals surface area contributed by atoms with Crippen molar-refractivity contribution in [2.75, 3.05) is 0 Å². The van der Waals surface area contributed by atoms with E-state index in [4.69, 9.17) is 0 Å². The number of nitro groups is 3. The van der Waals surface area contributed by atoms with Crippen LogP contribution in [0.15, 0.2) is 30.0 Å². The molecule has 9 nitrogen and oxygen atoms in total. The van der Waals surface area contributed by atoms with Gasteiger partial charge in [0.15, 0.2) is 0 Å². The topological polar surface area (TPSA) is 129 Å². The fourth-order valence-electron chi connectivity index (χ4n) is 1.34. The zero-order valence-electron chi connectivity index (χ0n) is 9.10. The van der Waals surface area contributed by atoms with Crippen molar-refractivity contribution in [3.05, 3.63) is 65.9 Å². The van der Waals surface area contributed by atoms with Crippen molar-refractivity contribution in [3.8, 4) is 0 Å². The van der Waals surface area contributed by atoms with Crippen LogP contribution in [0.5, 0.6) is 0 Å². The summed E-state index contributed by atoms with van der Waals surface area (Å²) < 4.78 is 0. The fourth-order valence-corrected chi connectivity index (χ4v) is 1.34. The van der Waals surface area contributed by atoms with E-state index in [0.29, 0.717) is 0 Å². The van der Waals surface area contributed by atoms with E-state index in [-0.39, 0.29) is 5.56 Å². The maximum atomic E-state index is 10.8. The Morgan fingerprint density at radius 3 is 2.00 bits per heavy atom. The second-order valence-corrected chi connectivity index (χ2v) is 3.22. The highest BCUT2D eigenvalue weighted by Crippen LogP contribution is 2.28. The molecule has 9 heteroatoms. The molecule has 0 saturated heterocycles. The first kappa shape index (κ1) is 13.2. The van der Waals surface area contributed by atoms with Crippen LogP contribution in [-0.2, 0) is 0 Å². The SMILES string of the molecule is CC(=C(c1ccccc1[N+](=O)[O-])[N+](=O)[O-])[N+](=O)[O-]. The molecule has 0 bridgehead atoms. The highest BCUT2D eigenvalue weighted by molar-refractivity contribution is 5.68. The molecule has 0 fully saturated rings. The van der Waals surface area contributed by atoms with Crippen molar-refractivity contribution in [2.45, 2.75) is 6.92 Å². The summed E-state index contributed by atoms with van der Waals surface area (Å²) >= 11 is 0. The first-order chi connectivity index (χ1) is 8.36. The van der Waals surface area contributed by atoms with E-state index in [9.17, 15) is 30.3 Å². The Morgan fingerprint density at radius 1 is 1.00 bits per heavy atom. The normalized spacial score (nSPS) is 11.6. The van der Waals surface area contributed by atoms with Crippen LogP contribution in [0.4, 0.5) is 5.69 Å². The Morgan fingerprint density at radius 2 is 1.56 bits per heavy atom. The molecule has 0 saturated carbocycles. The molecular weight excluding hydrogens is 246 g/mol.